The van der Waals surface area contributed by atoms with Gasteiger partial charge in [0.25, 0.3) is 0 Å². The summed E-state index contributed by atoms with van der Waals surface area (Å²) in [5.74, 6) is 1.13. The normalized spacial score (nSPS) is 19.2. The molecule has 1 fully saturated rings. The molecule has 1 N–H and O–H groups in total. The number of rotatable bonds is 6. The van der Waals surface area contributed by atoms with Crippen molar-refractivity contribution in [2.24, 2.45) is 5.92 Å². The molecule has 3 rings (SSSR count). The molecular weight excluding hydrogens is 322 g/mol. The first-order chi connectivity index (χ1) is 11.5. The SMILES string of the molecule is C[C@@H](NCC1CCS(=O)(=O)CC1)c1cnn(Cc2ccccc2)c1. The minimum absolute atomic E-state index is 0.216. The molecule has 130 valence electrons. The van der Waals surface area contributed by atoms with Gasteiger partial charge in [-0.1, -0.05) is 30.3 Å². The van der Waals surface area contributed by atoms with Gasteiger partial charge in [-0.15, -0.1) is 0 Å². The maximum absolute atomic E-state index is 11.5. The van der Waals surface area contributed by atoms with Gasteiger partial charge in [-0.3, -0.25) is 4.68 Å². The summed E-state index contributed by atoms with van der Waals surface area (Å²) < 4.78 is 24.9. The Hall–Kier alpha value is -1.66. The lowest BCUT2D eigenvalue weighted by Crippen LogP contribution is -2.32. The number of hydrogen-bond donors (Lipinski definition) is 1. The van der Waals surface area contributed by atoms with Crippen LogP contribution in [0.15, 0.2) is 42.7 Å². The third kappa shape index (κ3) is 4.68. The van der Waals surface area contributed by atoms with E-state index in [1.807, 2.05) is 29.1 Å². The van der Waals surface area contributed by atoms with Gasteiger partial charge in [-0.2, -0.15) is 5.10 Å². The molecule has 2 heterocycles. The van der Waals surface area contributed by atoms with E-state index < -0.39 is 9.84 Å². The van der Waals surface area contributed by atoms with Crippen LogP contribution in [0, 0.1) is 5.92 Å². The van der Waals surface area contributed by atoms with E-state index >= 15 is 0 Å². The molecule has 1 aliphatic heterocycles. The molecule has 2 aromatic rings. The van der Waals surface area contributed by atoms with E-state index in [1.165, 1.54) is 5.56 Å². The van der Waals surface area contributed by atoms with Crippen molar-refractivity contribution in [1.29, 1.82) is 0 Å². The van der Waals surface area contributed by atoms with Crippen molar-refractivity contribution in [2.75, 3.05) is 18.1 Å². The van der Waals surface area contributed by atoms with E-state index in [-0.39, 0.29) is 6.04 Å². The lowest BCUT2D eigenvalue weighted by Gasteiger charge is -2.23. The molecule has 1 saturated heterocycles. The fraction of sp³-hybridized carbons (Fsp3) is 0.500. The molecule has 24 heavy (non-hydrogen) atoms. The number of nitrogens with zero attached hydrogens (tertiary/aromatic N) is 2. The predicted octanol–water partition coefficient (Wildman–Crippen LogP) is 2.41. The Kier molecular flexibility index (Phi) is 5.36. The standard InChI is InChI=1S/C18H25N3O2S/c1-15(19-11-16-7-9-24(22,23)10-8-16)18-12-20-21(14-18)13-17-5-3-2-4-6-17/h2-6,12,14-16,19H,7-11,13H2,1H3/t15-/m1/s1. The van der Waals surface area contributed by atoms with Crippen LogP contribution in [-0.2, 0) is 16.4 Å². The minimum atomic E-state index is -2.77. The first-order valence-electron chi connectivity index (χ1n) is 8.52. The summed E-state index contributed by atoms with van der Waals surface area (Å²) >= 11 is 0. The summed E-state index contributed by atoms with van der Waals surface area (Å²) in [7, 11) is -2.77. The molecule has 1 atom stereocenters. The molecule has 0 bridgehead atoms. The van der Waals surface area contributed by atoms with Gasteiger partial charge in [0.1, 0.15) is 9.84 Å². The fourth-order valence-electron chi connectivity index (χ4n) is 3.06. The average Bonchev–Trinajstić information content (AvgIpc) is 3.03. The molecular formula is C18H25N3O2S. The van der Waals surface area contributed by atoms with Gasteiger partial charge < -0.3 is 5.32 Å². The van der Waals surface area contributed by atoms with Gasteiger partial charge in [0.15, 0.2) is 0 Å². The predicted molar refractivity (Wildman–Crippen MR) is 95.6 cm³/mol. The molecule has 0 amide bonds. The Bertz CT molecular complexity index is 742. The van der Waals surface area contributed by atoms with Crippen LogP contribution in [0.1, 0.15) is 36.9 Å². The zero-order valence-corrected chi connectivity index (χ0v) is 14.9. The van der Waals surface area contributed by atoms with Gasteiger partial charge in [-0.25, -0.2) is 8.42 Å². The summed E-state index contributed by atoms with van der Waals surface area (Å²) in [5, 5.41) is 7.97. The lowest BCUT2D eigenvalue weighted by atomic mass is 10.0. The second-order valence-corrected chi connectivity index (χ2v) is 8.99. The molecule has 0 spiro atoms. The van der Waals surface area contributed by atoms with Crippen LogP contribution in [0.4, 0.5) is 0 Å². The Morgan fingerprint density at radius 1 is 1.25 bits per heavy atom. The number of aromatic nitrogens is 2. The zero-order valence-electron chi connectivity index (χ0n) is 14.1. The largest absolute Gasteiger partial charge is 0.310 e. The van der Waals surface area contributed by atoms with Crippen molar-refractivity contribution >= 4 is 9.84 Å². The summed E-state index contributed by atoms with van der Waals surface area (Å²) in [5.41, 5.74) is 2.39. The zero-order chi connectivity index (χ0) is 17.0. The van der Waals surface area contributed by atoms with Gasteiger partial charge in [0, 0.05) is 17.8 Å². The number of benzene rings is 1. The first-order valence-corrected chi connectivity index (χ1v) is 10.3. The monoisotopic (exact) mass is 347 g/mol. The van der Waals surface area contributed by atoms with E-state index in [0.717, 1.165) is 31.5 Å². The second-order valence-electron chi connectivity index (χ2n) is 6.68. The van der Waals surface area contributed by atoms with Gasteiger partial charge in [-0.05, 0) is 37.8 Å². The summed E-state index contributed by atoms with van der Waals surface area (Å²) in [4.78, 5) is 0. The van der Waals surface area contributed by atoms with Crippen molar-refractivity contribution in [1.82, 2.24) is 15.1 Å². The Labute approximate surface area is 144 Å². The maximum Gasteiger partial charge on any atom is 0.150 e. The van der Waals surface area contributed by atoms with Crippen molar-refractivity contribution in [2.45, 2.75) is 32.4 Å². The van der Waals surface area contributed by atoms with Crippen LogP contribution in [0.2, 0.25) is 0 Å². The van der Waals surface area contributed by atoms with E-state index in [1.54, 1.807) is 0 Å². The van der Waals surface area contributed by atoms with Gasteiger partial charge in [0.05, 0.1) is 24.2 Å². The van der Waals surface area contributed by atoms with Crippen LogP contribution in [-0.4, -0.2) is 36.2 Å². The van der Waals surface area contributed by atoms with E-state index in [2.05, 4.69) is 35.7 Å². The summed E-state index contributed by atoms with van der Waals surface area (Å²) in [6, 6.07) is 10.5. The van der Waals surface area contributed by atoms with Crippen LogP contribution in [0.3, 0.4) is 0 Å². The molecule has 0 unspecified atom stereocenters. The van der Waals surface area contributed by atoms with E-state index in [9.17, 15) is 8.42 Å². The lowest BCUT2D eigenvalue weighted by molar-refractivity contribution is 0.410. The summed E-state index contributed by atoms with van der Waals surface area (Å²) in [6.45, 7) is 3.76. The first kappa shape index (κ1) is 17.2. The Morgan fingerprint density at radius 3 is 2.67 bits per heavy atom. The highest BCUT2D eigenvalue weighted by atomic mass is 32.2. The molecule has 1 aliphatic rings. The average molecular weight is 347 g/mol. The van der Waals surface area contributed by atoms with Crippen LogP contribution in [0.25, 0.3) is 0 Å². The molecule has 0 saturated carbocycles. The van der Waals surface area contributed by atoms with Gasteiger partial charge in [0.2, 0.25) is 0 Å². The Morgan fingerprint density at radius 2 is 1.96 bits per heavy atom. The number of nitrogens with one attached hydrogen (secondary N) is 1. The third-order valence-corrected chi connectivity index (χ3v) is 6.44. The molecule has 0 radical (unpaired) electrons. The molecule has 1 aromatic heterocycles. The van der Waals surface area contributed by atoms with Crippen molar-refractivity contribution < 1.29 is 8.42 Å². The molecule has 6 heteroatoms. The molecule has 1 aromatic carbocycles. The highest BCUT2D eigenvalue weighted by Gasteiger charge is 2.23. The third-order valence-electron chi connectivity index (χ3n) is 4.73. The molecule has 0 aliphatic carbocycles. The van der Waals surface area contributed by atoms with Gasteiger partial charge >= 0.3 is 0 Å². The number of sulfone groups is 1. The number of hydrogen-bond acceptors (Lipinski definition) is 4. The van der Waals surface area contributed by atoms with Crippen LogP contribution in [0.5, 0.6) is 0 Å². The van der Waals surface area contributed by atoms with Crippen LogP contribution >= 0.6 is 0 Å². The van der Waals surface area contributed by atoms with E-state index in [0.29, 0.717) is 17.4 Å². The van der Waals surface area contributed by atoms with Crippen LogP contribution < -0.4 is 5.32 Å². The second kappa shape index (κ2) is 7.49. The van der Waals surface area contributed by atoms with Crippen molar-refractivity contribution in [3.05, 3.63) is 53.9 Å². The fourth-order valence-corrected chi connectivity index (χ4v) is 4.65. The highest BCUT2D eigenvalue weighted by Crippen LogP contribution is 2.20. The highest BCUT2D eigenvalue weighted by molar-refractivity contribution is 7.91. The molecule has 5 nitrogen and oxygen atoms in total. The quantitative estimate of drug-likeness (QED) is 0.871. The Balaban J connectivity index is 1.50. The van der Waals surface area contributed by atoms with E-state index in [4.69, 9.17) is 0 Å². The van der Waals surface area contributed by atoms with Crippen molar-refractivity contribution in [3.8, 4) is 0 Å². The van der Waals surface area contributed by atoms with Crippen molar-refractivity contribution in [3.63, 3.8) is 0 Å². The topological polar surface area (TPSA) is 64.0 Å². The maximum atomic E-state index is 11.5. The summed E-state index contributed by atoms with van der Waals surface area (Å²) in [6.07, 6.45) is 5.53. The smallest absolute Gasteiger partial charge is 0.150 e. The minimum Gasteiger partial charge on any atom is -0.310 e.